The van der Waals surface area contributed by atoms with Gasteiger partial charge in [-0.2, -0.15) is 4.98 Å². The second-order valence-corrected chi connectivity index (χ2v) is 5.04. The molecule has 0 aliphatic carbocycles. The van der Waals surface area contributed by atoms with Gasteiger partial charge in [-0.25, -0.2) is 4.79 Å². The summed E-state index contributed by atoms with van der Waals surface area (Å²) in [6.07, 6.45) is 0.680. The molecular weight excluding hydrogens is 316 g/mol. The van der Waals surface area contributed by atoms with E-state index in [4.69, 9.17) is 13.7 Å². The van der Waals surface area contributed by atoms with Crippen LogP contribution in [0.15, 0.2) is 38.0 Å². The molecule has 3 aromatic rings. The Morgan fingerprint density at radius 2 is 2.21 bits per heavy atom. The van der Waals surface area contributed by atoms with Crippen LogP contribution < -0.4 is 11.1 Å². The SMILES string of the molecule is COCCCNC(=O)c1nc(Cn2c(=O)oc3ccccc32)no1. The summed E-state index contributed by atoms with van der Waals surface area (Å²) in [7, 11) is 1.59. The zero-order chi connectivity index (χ0) is 16.9. The molecule has 0 radical (unpaired) electrons. The summed E-state index contributed by atoms with van der Waals surface area (Å²) in [5.74, 6) is -0.922. The van der Waals surface area contributed by atoms with E-state index in [0.717, 1.165) is 0 Å². The second-order valence-electron chi connectivity index (χ2n) is 5.04. The van der Waals surface area contributed by atoms with Crippen LogP contribution in [0.3, 0.4) is 0 Å². The Morgan fingerprint density at radius 1 is 1.38 bits per heavy atom. The average molecular weight is 332 g/mol. The molecular formula is C15H16N4O5. The number of hydrogen-bond donors (Lipinski definition) is 1. The van der Waals surface area contributed by atoms with Gasteiger partial charge in [0, 0.05) is 20.3 Å². The Labute approximate surface area is 136 Å². The first-order valence-corrected chi connectivity index (χ1v) is 7.37. The van der Waals surface area contributed by atoms with Gasteiger partial charge in [-0.15, -0.1) is 0 Å². The predicted octanol–water partition coefficient (Wildman–Crippen LogP) is 0.792. The number of ether oxygens (including phenoxy) is 1. The highest BCUT2D eigenvalue weighted by Gasteiger charge is 2.17. The summed E-state index contributed by atoms with van der Waals surface area (Å²) in [6, 6.07) is 7.02. The van der Waals surface area contributed by atoms with E-state index in [0.29, 0.717) is 30.7 Å². The number of para-hydroxylation sites is 2. The molecule has 2 aromatic heterocycles. The van der Waals surface area contributed by atoms with Gasteiger partial charge < -0.3 is 19.0 Å². The number of methoxy groups -OCH3 is 1. The van der Waals surface area contributed by atoms with E-state index in [1.807, 2.05) is 0 Å². The first-order chi connectivity index (χ1) is 11.7. The Kier molecular flexibility index (Phi) is 4.71. The largest absolute Gasteiger partial charge is 0.420 e. The normalized spacial score (nSPS) is 11.0. The average Bonchev–Trinajstić information content (AvgIpc) is 3.17. The van der Waals surface area contributed by atoms with Crippen molar-refractivity contribution in [3.05, 3.63) is 46.5 Å². The van der Waals surface area contributed by atoms with Crippen molar-refractivity contribution in [2.45, 2.75) is 13.0 Å². The number of carbonyl (C=O) groups is 1. The number of nitrogens with one attached hydrogen (secondary N) is 1. The minimum Gasteiger partial charge on any atom is -0.408 e. The lowest BCUT2D eigenvalue weighted by Gasteiger charge is -2.00. The molecule has 0 atom stereocenters. The van der Waals surface area contributed by atoms with Crippen molar-refractivity contribution in [3.63, 3.8) is 0 Å². The summed E-state index contributed by atoms with van der Waals surface area (Å²) in [5, 5.41) is 6.38. The molecule has 1 amide bonds. The molecule has 0 saturated carbocycles. The van der Waals surface area contributed by atoms with Gasteiger partial charge in [0.2, 0.25) is 0 Å². The van der Waals surface area contributed by atoms with Crippen LogP contribution in [0.25, 0.3) is 11.1 Å². The van der Waals surface area contributed by atoms with Crippen molar-refractivity contribution in [1.82, 2.24) is 20.0 Å². The molecule has 0 saturated heterocycles. The van der Waals surface area contributed by atoms with Crippen LogP contribution in [-0.2, 0) is 11.3 Å². The highest BCUT2D eigenvalue weighted by atomic mass is 16.5. The quantitative estimate of drug-likeness (QED) is 0.636. The molecule has 126 valence electrons. The Hall–Kier alpha value is -2.94. The lowest BCUT2D eigenvalue weighted by Crippen LogP contribution is -2.25. The van der Waals surface area contributed by atoms with Crippen LogP contribution >= 0.6 is 0 Å². The van der Waals surface area contributed by atoms with Crippen LogP contribution in [-0.4, -0.2) is 40.9 Å². The van der Waals surface area contributed by atoms with E-state index >= 15 is 0 Å². The number of fused-ring (bicyclic) bond motifs is 1. The molecule has 0 spiro atoms. The van der Waals surface area contributed by atoms with Crippen LogP contribution in [0.5, 0.6) is 0 Å². The Bertz CT molecular complexity index is 895. The van der Waals surface area contributed by atoms with Gasteiger partial charge in [-0.1, -0.05) is 17.3 Å². The molecule has 2 heterocycles. The van der Waals surface area contributed by atoms with Crippen molar-refractivity contribution < 1.29 is 18.5 Å². The van der Waals surface area contributed by atoms with E-state index < -0.39 is 11.7 Å². The number of nitrogens with zero attached hydrogens (tertiary/aromatic N) is 3. The third-order valence-corrected chi connectivity index (χ3v) is 3.35. The number of hydrogen-bond acceptors (Lipinski definition) is 7. The minimum atomic E-state index is -0.522. The van der Waals surface area contributed by atoms with E-state index in [1.54, 1.807) is 31.4 Å². The van der Waals surface area contributed by atoms with Gasteiger partial charge in [0.1, 0.15) is 0 Å². The smallest absolute Gasteiger partial charge is 0.408 e. The highest BCUT2D eigenvalue weighted by molar-refractivity contribution is 5.89. The second kappa shape index (κ2) is 7.09. The monoisotopic (exact) mass is 332 g/mol. The lowest BCUT2D eigenvalue weighted by atomic mass is 10.3. The number of oxazole rings is 1. The fourth-order valence-electron chi connectivity index (χ4n) is 2.21. The molecule has 3 rings (SSSR count). The van der Waals surface area contributed by atoms with Crippen LogP contribution in [0.4, 0.5) is 0 Å². The number of benzene rings is 1. The van der Waals surface area contributed by atoms with E-state index in [1.165, 1.54) is 4.57 Å². The zero-order valence-corrected chi connectivity index (χ0v) is 13.0. The fourth-order valence-corrected chi connectivity index (χ4v) is 2.21. The highest BCUT2D eigenvalue weighted by Crippen LogP contribution is 2.12. The summed E-state index contributed by atoms with van der Waals surface area (Å²) in [4.78, 5) is 27.8. The maximum Gasteiger partial charge on any atom is 0.420 e. The van der Waals surface area contributed by atoms with Gasteiger partial charge >= 0.3 is 17.6 Å². The standard InChI is InChI=1S/C15H16N4O5/c1-22-8-4-7-16-13(20)14-17-12(18-24-14)9-19-10-5-2-3-6-11(10)23-15(19)21/h2-3,5-6H,4,7-9H2,1H3,(H,16,20). The number of aromatic nitrogens is 3. The van der Waals surface area contributed by atoms with Gasteiger partial charge in [-0.05, 0) is 18.6 Å². The summed E-state index contributed by atoms with van der Waals surface area (Å²) >= 11 is 0. The lowest BCUT2D eigenvalue weighted by molar-refractivity contribution is 0.0905. The fraction of sp³-hybridized carbons (Fsp3) is 0.333. The molecule has 1 N–H and O–H groups in total. The van der Waals surface area contributed by atoms with Crippen molar-refractivity contribution in [3.8, 4) is 0 Å². The molecule has 1 aromatic carbocycles. The van der Waals surface area contributed by atoms with Crippen molar-refractivity contribution in [1.29, 1.82) is 0 Å². The number of rotatable bonds is 7. The van der Waals surface area contributed by atoms with Gasteiger partial charge in [0.25, 0.3) is 0 Å². The molecule has 24 heavy (non-hydrogen) atoms. The topological polar surface area (TPSA) is 112 Å². The summed E-state index contributed by atoms with van der Waals surface area (Å²) in [5.41, 5.74) is 1.10. The number of amides is 1. The molecule has 0 aliphatic heterocycles. The maximum atomic E-state index is 11.9. The van der Waals surface area contributed by atoms with E-state index in [2.05, 4.69) is 15.5 Å². The van der Waals surface area contributed by atoms with E-state index in [9.17, 15) is 9.59 Å². The molecule has 9 heteroatoms. The Balaban J connectivity index is 1.70. The molecule has 0 bridgehead atoms. The van der Waals surface area contributed by atoms with Crippen molar-refractivity contribution in [2.24, 2.45) is 0 Å². The molecule has 0 aliphatic rings. The first kappa shape index (κ1) is 15.9. The molecule has 0 unspecified atom stereocenters. The summed E-state index contributed by atoms with van der Waals surface area (Å²) in [6.45, 7) is 1.04. The zero-order valence-electron chi connectivity index (χ0n) is 13.0. The van der Waals surface area contributed by atoms with Gasteiger partial charge in [0.05, 0.1) is 12.1 Å². The first-order valence-electron chi connectivity index (χ1n) is 7.37. The summed E-state index contributed by atoms with van der Waals surface area (Å²) < 4.78 is 16.3. The van der Waals surface area contributed by atoms with Gasteiger partial charge in [0.15, 0.2) is 11.4 Å². The number of carbonyl (C=O) groups excluding carboxylic acids is 1. The third kappa shape index (κ3) is 3.35. The maximum absolute atomic E-state index is 11.9. The van der Waals surface area contributed by atoms with Gasteiger partial charge in [-0.3, -0.25) is 9.36 Å². The minimum absolute atomic E-state index is 0.0519. The van der Waals surface area contributed by atoms with Crippen LogP contribution in [0.2, 0.25) is 0 Å². The molecule has 9 nitrogen and oxygen atoms in total. The van der Waals surface area contributed by atoms with Crippen molar-refractivity contribution in [2.75, 3.05) is 20.3 Å². The molecule has 0 fully saturated rings. The van der Waals surface area contributed by atoms with Crippen molar-refractivity contribution >= 4 is 17.0 Å². The van der Waals surface area contributed by atoms with Crippen LogP contribution in [0.1, 0.15) is 22.9 Å². The van der Waals surface area contributed by atoms with E-state index in [-0.39, 0.29) is 18.3 Å². The predicted molar refractivity (Wildman–Crippen MR) is 82.7 cm³/mol. The van der Waals surface area contributed by atoms with Crippen LogP contribution in [0, 0.1) is 0 Å². The third-order valence-electron chi connectivity index (χ3n) is 3.35. The Morgan fingerprint density at radius 3 is 3.04 bits per heavy atom.